The van der Waals surface area contributed by atoms with Crippen LogP contribution in [0.2, 0.25) is 0 Å². The molecular formula is C16H16FN2O8P. The molecule has 0 bridgehead atoms. The number of aliphatic hydroxyl groups excluding tert-OH is 1. The highest BCUT2D eigenvalue weighted by molar-refractivity contribution is 7.49. The smallest absolute Gasteiger partial charge is 0.404 e. The summed E-state index contributed by atoms with van der Waals surface area (Å²) in [6, 6.07) is 7.55. The number of nitrogens with one attached hydrogen (secondary N) is 1. The van der Waals surface area contributed by atoms with Crippen LogP contribution in [0.25, 0.3) is 0 Å². The zero-order valence-corrected chi connectivity index (χ0v) is 15.1. The molecule has 1 aromatic carbocycles. The average Bonchev–Trinajstić information content (AvgIpc) is 2.90. The molecule has 1 unspecified atom stereocenters. The lowest BCUT2D eigenvalue weighted by Crippen LogP contribution is -2.35. The number of fused-ring (bicyclic) bond motifs is 1. The molecule has 4 atom stereocenters. The number of hydrogen-bond donors (Lipinski definition) is 2. The third-order valence-electron chi connectivity index (χ3n) is 4.13. The first-order valence-electron chi connectivity index (χ1n) is 8.69. The quantitative estimate of drug-likeness (QED) is 0.713. The van der Waals surface area contributed by atoms with Crippen molar-refractivity contribution in [3.63, 3.8) is 0 Å². The van der Waals surface area contributed by atoms with Crippen molar-refractivity contribution in [1.82, 2.24) is 9.55 Å². The van der Waals surface area contributed by atoms with Crippen LogP contribution in [0.5, 0.6) is 5.75 Å². The Balaban J connectivity index is 1.51. The van der Waals surface area contributed by atoms with Crippen molar-refractivity contribution >= 4 is 7.82 Å². The number of benzene rings is 1. The molecule has 0 radical (unpaired) electrons. The van der Waals surface area contributed by atoms with Gasteiger partial charge in [0.15, 0.2) is 6.20 Å². The van der Waals surface area contributed by atoms with Crippen LogP contribution in [-0.4, -0.2) is 33.2 Å². The Bertz CT molecular complexity index is 1110. The first-order valence-corrected chi connectivity index (χ1v) is 9.65. The van der Waals surface area contributed by atoms with Gasteiger partial charge in [-0.05, 0) is 6.07 Å². The van der Waals surface area contributed by atoms with Gasteiger partial charge in [-0.3, -0.25) is 23.4 Å². The third-order valence-corrected chi connectivity index (χ3v) is 5.44. The van der Waals surface area contributed by atoms with Crippen LogP contribution in [0.3, 0.4) is 0 Å². The number of ether oxygens (including phenoxy) is 1. The minimum Gasteiger partial charge on any atom is -0.404 e. The number of rotatable bonds is 4. The molecule has 0 spiro atoms. The lowest BCUT2D eigenvalue weighted by Gasteiger charge is -2.27. The number of hydrogen-bond acceptors (Lipinski definition) is 8. The van der Waals surface area contributed by atoms with Crippen molar-refractivity contribution in [2.45, 2.75) is 31.2 Å². The zero-order valence-electron chi connectivity index (χ0n) is 15.2. The summed E-state index contributed by atoms with van der Waals surface area (Å²) in [7, 11) is -4.17. The average molecular weight is 415 g/mol. The van der Waals surface area contributed by atoms with Gasteiger partial charge in [0.1, 0.15) is 18.5 Å². The standard InChI is InChI=1S/C16H16FN2O8P/c17-16(7-11(20)14(26-16)19-6-5-13(21)18-15(19)22)9-25-28(23)24-8-10-3-1-2-4-12(10)27-28/h1-6,11,14,20H,7-9H2,(H,18,21,22)/t11-,14-,16+,28?/m1/s1/i14D. The van der Waals surface area contributed by atoms with Crippen LogP contribution >= 0.6 is 7.82 Å². The molecule has 2 aliphatic rings. The van der Waals surface area contributed by atoms with E-state index in [4.69, 9.17) is 19.7 Å². The van der Waals surface area contributed by atoms with Crippen LogP contribution in [0.4, 0.5) is 4.39 Å². The highest BCUT2D eigenvalue weighted by atomic mass is 31.2. The highest BCUT2D eigenvalue weighted by Crippen LogP contribution is 2.55. The van der Waals surface area contributed by atoms with E-state index in [0.717, 1.165) is 12.3 Å². The topological polar surface area (TPSA) is 129 Å². The lowest BCUT2D eigenvalue weighted by atomic mass is 10.2. The van der Waals surface area contributed by atoms with Crippen LogP contribution in [0, 0.1) is 0 Å². The van der Waals surface area contributed by atoms with Gasteiger partial charge < -0.3 is 14.4 Å². The number of nitrogens with zero attached hydrogens (tertiary/aromatic N) is 1. The number of phosphoric ester groups is 1. The molecule has 4 rings (SSSR count). The number of aromatic amines is 1. The molecule has 0 aliphatic carbocycles. The minimum atomic E-state index is -4.17. The maximum absolute atomic E-state index is 15.1. The number of aromatic nitrogens is 2. The monoisotopic (exact) mass is 415 g/mol. The summed E-state index contributed by atoms with van der Waals surface area (Å²) in [6.07, 6.45) is -4.24. The maximum atomic E-state index is 15.1. The Morgan fingerprint density at radius 3 is 3.00 bits per heavy atom. The maximum Gasteiger partial charge on any atom is 0.530 e. The van der Waals surface area contributed by atoms with Gasteiger partial charge in [-0.15, -0.1) is 0 Å². The van der Waals surface area contributed by atoms with E-state index in [1.165, 1.54) is 0 Å². The highest BCUT2D eigenvalue weighted by Gasteiger charge is 2.50. The van der Waals surface area contributed by atoms with Gasteiger partial charge in [0.05, 0.1) is 7.98 Å². The lowest BCUT2D eigenvalue weighted by molar-refractivity contribution is -0.179. The van der Waals surface area contributed by atoms with Gasteiger partial charge in [0.25, 0.3) is 5.56 Å². The number of aliphatic hydroxyl groups is 1. The molecule has 2 N–H and O–H groups in total. The summed E-state index contributed by atoms with van der Waals surface area (Å²) in [5.74, 6) is -2.52. The van der Waals surface area contributed by atoms with Crippen LogP contribution in [-0.2, 0) is 25.0 Å². The van der Waals surface area contributed by atoms with Crippen LogP contribution < -0.4 is 15.8 Å². The van der Waals surface area contributed by atoms with Gasteiger partial charge in [0, 0.05) is 24.2 Å². The minimum absolute atomic E-state index is 0.0780. The number of phosphoric acid groups is 1. The fraction of sp³-hybridized carbons (Fsp3) is 0.375. The fourth-order valence-electron chi connectivity index (χ4n) is 2.81. The Hall–Kier alpha value is -2.30. The van der Waals surface area contributed by atoms with E-state index < -0.39 is 50.3 Å². The SMILES string of the molecule is [2H][C@@]1(n2ccc(=O)[nH]c2=O)O[C@](F)(COP2(=O)OCc3ccccc3O2)C[C@H]1O. The molecule has 1 saturated heterocycles. The molecule has 10 nitrogen and oxygen atoms in total. The third kappa shape index (κ3) is 3.67. The van der Waals surface area contributed by atoms with Crippen molar-refractivity contribution in [1.29, 1.82) is 0 Å². The molecule has 150 valence electrons. The molecule has 3 heterocycles. The van der Waals surface area contributed by atoms with E-state index in [-0.39, 0.29) is 12.4 Å². The van der Waals surface area contributed by atoms with Crippen molar-refractivity contribution < 1.29 is 33.7 Å². The second-order valence-electron chi connectivity index (χ2n) is 6.22. The Morgan fingerprint density at radius 2 is 2.21 bits per heavy atom. The summed E-state index contributed by atoms with van der Waals surface area (Å²) in [6.45, 7) is -1.08. The normalized spacial score (nSPS) is 35.1. The number of para-hydroxylation sites is 1. The zero-order chi connectivity index (χ0) is 20.9. The molecule has 0 saturated carbocycles. The molecule has 1 fully saturated rings. The predicted molar refractivity (Wildman–Crippen MR) is 91.3 cm³/mol. The number of H-pyrrole nitrogens is 1. The van der Waals surface area contributed by atoms with Crippen molar-refractivity contribution in [3.05, 3.63) is 62.9 Å². The first kappa shape index (κ1) is 17.8. The van der Waals surface area contributed by atoms with Crippen molar-refractivity contribution in [3.8, 4) is 5.75 Å². The number of halogens is 1. The van der Waals surface area contributed by atoms with Crippen molar-refractivity contribution in [2.24, 2.45) is 0 Å². The van der Waals surface area contributed by atoms with Gasteiger partial charge in [-0.25, -0.2) is 13.8 Å². The van der Waals surface area contributed by atoms with E-state index in [1.54, 1.807) is 24.3 Å². The summed E-state index contributed by atoms with van der Waals surface area (Å²) in [4.78, 5) is 25.0. The molecule has 2 aromatic rings. The Kier molecular flexibility index (Phi) is 4.41. The first-order chi connectivity index (χ1) is 13.6. The molecular weight excluding hydrogens is 398 g/mol. The van der Waals surface area contributed by atoms with Gasteiger partial charge in [-0.1, -0.05) is 18.2 Å². The molecule has 28 heavy (non-hydrogen) atoms. The Labute approximate surface area is 158 Å². The van der Waals surface area contributed by atoms with E-state index in [1.807, 2.05) is 4.98 Å². The molecule has 2 aliphatic heterocycles. The van der Waals surface area contributed by atoms with Gasteiger partial charge in [-0.2, -0.15) is 0 Å². The van der Waals surface area contributed by atoms with E-state index in [2.05, 4.69) is 0 Å². The van der Waals surface area contributed by atoms with Gasteiger partial charge in [0.2, 0.25) is 5.85 Å². The van der Waals surface area contributed by atoms with E-state index >= 15 is 4.39 Å². The Morgan fingerprint density at radius 1 is 1.43 bits per heavy atom. The van der Waals surface area contributed by atoms with Crippen molar-refractivity contribution in [2.75, 3.05) is 6.61 Å². The number of alkyl halides is 1. The second kappa shape index (κ2) is 6.94. The summed E-state index contributed by atoms with van der Waals surface area (Å²) in [5, 5.41) is 10.2. The summed E-state index contributed by atoms with van der Waals surface area (Å²) >= 11 is 0. The van der Waals surface area contributed by atoms with Crippen LogP contribution in [0.1, 0.15) is 19.6 Å². The molecule has 12 heteroatoms. The fourth-order valence-corrected chi connectivity index (χ4v) is 4.06. The summed E-state index contributed by atoms with van der Waals surface area (Å²) in [5.41, 5.74) is -1.17. The largest absolute Gasteiger partial charge is 0.530 e. The molecule has 1 aromatic heterocycles. The predicted octanol–water partition coefficient (Wildman–Crippen LogP) is 1.22. The van der Waals surface area contributed by atoms with Gasteiger partial charge >= 0.3 is 13.5 Å². The molecule has 0 amide bonds. The van der Waals surface area contributed by atoms with Crippen LogP contribution in [0.15, 0.2) is 46.1 Å². The summed E-state index contributed by atoms with van der Waals surface area (Å²) < 4.78 is 56.8. The second-order valence-corrected chi connectivity index (χ2v) is 7.81. The van der Waals surface area contributed by atoms with E-state index in [9.17, 15) is 19.3 Å². The van der Waals surface area contributed by atoms with E-state index in [0.29, 0.717) is 10.1 Å².